The van der Waals surface area contributed by atoms with Crippen molar-refractivity contribution in [1.82, 2.24) is 10.6 Å². The molecule has 0 unspecified atom stereocenters. The van der Waals surface area contributed by atoms with Gasteiger partial charge in [-0.3, -0.25) is 9.59 Å². The van der Waals surface area contributed by atoms with Crippen LogP contribution in [0.25, 0.3) is 0 Å². The predicted octanol–water partition coefficient (Wildman–Crippen LogP) is 0.641. The first-order valence-electron chi connectivity index (χ1n) is 6.89. The monoisotopic (exact) mass is 292 g/mol. The summed E-state index contributed by atoms with van der Waals surface area (Å²) >= 11 is 0. The standard InChI is InChI=1S/C15H20N2O4/c1-20-12-5-6-13(21-2)10(7-12)8-14(18)16-9-15(19)17-11-3-4-11/h5-7,11H,3-4,8-9H2,1-2H3,(H,16,18)(H,17,19). The van der Waals surface area contributed by atoms with Crippen molar-refractivity contribution in [1.29, 1.82) is 0 Å². The van der Waals surface area contributed by atoms with Crippen molar-refractivity contribution >= 4 is 11.8 Å². The molecular weight excluding hydrogens is 272 g/mol. The van der Waals surface area contributed by atoms with Crippen molar-refractivity contribution in [3.63, 3.8) is 0 Å². The summed E-state index contributed by atoms with van der Waals surface area (Å²) in [7, 11) is 3.11. The second kappa shape index (κ2) is 6.97. The molecule has 2 amide bonds. The van der Waals surface area contributed by atoms with E-state index in [1.54, 1.807) is 32.4 Å². The summed E-state index contributed by atoms with van der Waals surface area (Å²) in [5, 5.41) is 5.42. The molecule has 1 fully saturated rings. The first-order valence-corrected chi connectivity index (χ1v) is 6.89. The molecule has 114 valence electrons. The predicted molar refractivity (Wildman–Crippen MR) is 77.4 cm³/mol. The summed E-state index contributed by atoms with van der Waals surface area (Å²) in [5.74, 6) is 0.898. The van der Waals surface area contributed by atoms with E-state index in [2.05, 4.69) is 10.6 Å². The maximum atomic E-state index is 11.9. The van der Waals surface area contributed by atoms with Gasteiger partial charge in [0.15, 0.2) is 0 Å². The number of hydrogen-bond donors (Lipinski definition) is 2. The Morgan fingerprint density at radius 2 is 1.95 bits per heavy atom. The minimum atomic E-state index is -0.229. The molecule has 6 heteroatoms. The topological polar surface area (TPSA) is 76.7 Å². The Bertz CT molecular complexity index is 526. The van der Waals surface area contributed by atoms with Gasteiger partial charge in [0, 0.05) is 11.6 Å². The Morgan fingerprint density at radius 3 is 2.57 bits per heavy atom. The number of carbonyl (C=O) groups excluding carboxylic acids is 2. The van der Waals surface area contributed by atoms with Crippen LogP contribution in [-0.4, -0.2) is 38.6 Å². The first kappa shape index (κ1) is 15.2. The molecule has 2 rings (SSSR count). The summed E-state index contributed by atoms with van der Waals surface area (Å²) in [5.41, 5.74) is 0.719. The molecular formula is C15H20N2O4. The van der Waals surface area contributed by atoms with Gasteiger partial charge in [0.2, 0.25) is 11.8 Å². The van der Waals surface area contributed by atoms with Gasteiger partial charge in [-0.05, 0) is 31.0 Å². The van der Waals surface area contributed by atoms with Gasteiger partial charge in [0.05, 0.1) is 27.2 Å². The fraction of sp³-hybridized carbons (Fsp3) is 0.467. The molecule has 1 saturated carbocycles. The van der Waals surface area contributed by atoms with E-state index < -0.39 is 0 Å². The van der Waals surface area contributed by atoms with Gasteiger partial charge in [0.25, 0.3) is 0 Å². The summed E-state index contributed by atoms with van der Waals surface area (Å²) in [6.07, 6.45) is 2.19. The van der Waals surface area contributed by atoms with E-state index >= 15 is 0 Å². The van der Waals surface area contributed by atoms with Crippen LogP contribution in [0.4, 0.5) is 0 Å². The Labute approximate surface area is 123 Å². The molecule has 0 atom stereocenters. The Morgan fingerprint density at radius 1 is 1.19 bits per heavy atom. The van der Waals surface area contributed by atoms with E-state index in [9.17, 15) is 9.59 Å². The molecule has 0 aliphatic heterocycles. The molecule has 6 nitrogen and oxygen atoms in total. The zero-order valence-corrected chi connectivity index (χ0v) is 12.3. The zero-order chi connectivity index (χ0) is 15.2. The number of nitrogens with one attached hydrogen (secondary N) is 2. The third-order valence-electron chi connectivity index (χ3n) is 3.23. The van der Waals surface area contributed by atoms with Crippen LogP contribution in [0, 0.1) is 0 Å². The van der Waals surface area contributed by atoms with Crippen molar-refractivity contribution in [2.24, 2.45) is 0 Å². The second-order valence-electron chi connectivity index (χ2n) is 4.97. The van der Waals surface area contributed by atoms with E-state index in [0.717, 1.165) is 18.4 Å². The minimum absolute atomic E-state index is 0.00160. The normalized spacial score (nSPS) is 13.4. The van der Waals surface area contributed by atoms with Gasteiger partial charge in [0.1, 0.15) is 11.5 Å². The average molecular weight is 292 g/mol. The van der Waals surface area contributed by atoms with Gasteiger partial charge in [-0.2, -0.15) is 0 Å². The quantitative estimate of drug-likeness (QED) is 0.773. The third-order valence-corrected chi connectivity index (χ3v) is 3.23. The molecule has 0 bridgehead atoms. The van der Waals surface area contributed by atoms with E-state index in [1.165, 1.54) is 0 Å². The van der Waals surface area contributed by atoms with Crippen LogP contribution < -0.4 is 20.1 Å². The SMILES string of the molecule is COc1ccc(OC)c(CC(=O)NCC(=O)NC2CC2)c1. The second-order valence-corrected chi connectivity index (χ2v) is 4.97. The maximum Gasteiger partial charge on any atom is 0.239 e. The zero-order valence-electron chi connectivity index (χ0n) is 12.3. The molecule has 0 heterocycles. The Hall–Kier alpha value is -2.24. The van der Waals surface area contributed by atoms with E-state index in [0.29, 0.717) is 17.5 Å². The highest BCUT2D eigenvalue weighted by Gasteiger charge is 2.23. The largest absolute Gasteiger partial charge is 0.497 e. The van der Waals surface area contributed by atoms with Gasteiger partial charge in [-0.25, -0.2) is 0 Å². The van der Waals surface area contributed by atoms with Crippen LogP contribution in [0.1, 0.15) is 18.4 Å². The molecule has 1 aromatic rings. The lowest BCUT2D eigenvalue weighted by Gasteiger charge is -2.11. The van der Waals surface area contributed by atoms with E-state index in [4.69, 9.17) is 9.47 Å². The molecule has 0 radical (unpaired) electrons. The van der Waals surface area contributed by atoms with Crippen LogP contribution in [0.15, 0.2) is 18.2 Å². The van der Waals surface area contributed by atoms with Crippen LogP contribution in [-0.2, 0) is 16.0 Å². The molecule has 1 aliphatic carbocycles. The molecule has 0 saturated heterocycles. The highest BCUT2D eigenvalue weighted by atomic mass is 16.5. The fourth-order valence-corrected chi connectivity index (χ4v) is 1.94. The third kappa shape index (κ3) is 4.66. The molecule has 2 N–H and O–H groups in total. The van der Waals surface area contributed by atoms with E-state index in [1.807, 2.05) is 0 Å². The summed E-state index contributed by atoms with van der Waals surface area (Å²) in [6.45, 7) is 0.00160. The summed E-state index contributed by atoms with van der Waals surface area (Å²) in [6, 6.07) is 5.57. The van der Waals surface area contributed by atoms with Gasteiger partial charge in [-0.15, -0.1) is 0 Å². The molecule has 0 spiro atoms. The molecule has 21 heavy (non-hydrogen) atoms. The van der Waals surface area contributed by atoms with Crippen LogP contribution in [0.5, 0.6) is 11.5 Å². The van der Waals surface area contributed by atoms with Crippen molar-refractivity contribution < 1.29 is 19.1 Å². The van der Waals surface area contributed by atoms with Crippen molar-refractivity contribution in [2.45, 2.75) is 25.3 Å². The fourth-order valence-electron chi connectivity index (χ4n) is 1.94. The maximum absolute atomic E-state index is 11.9. The summed E-state index contributed by atoms with van der Waals surface area (Å²) in [4.78, 5) is 23.4. The lowest BCUT2D eigenvalue weighted by molar-refractivity contribution is -0.125. The summed E-state index contributed by atoms with van der Waals surface area (Å²) < 4.78 is 10.4. The van der Waals surface area contributed by atoms with Gasteiger partial charge in [-0.1, -0.05) is 0 Å². The van der Waals surface area contributed by atoms with Crippen molar-refractivity contribution in [3.05, 3.63) is 23.8 Å². The number of benzene rings is 1. The number of amides is 2. The smallest absolute Gasteiger partial charge is 0.239 e. The number of methoxy groups -OCH3 is 2. The lowest BCUT2D eigenvalue weighted by atomic mass is 10.1. The van der Waals surface area contributed by atoms with Gasteiger partial charge >= 0.3 is 0 Å². The van der Waals surface area contributed by atoms with Crippen molar-refractivity contribution in [2.75, 3.05) is 20.8 Å². The Kier molecular flexibility index (Phi) is 5.03. The highest BCUT2D eigenvalue weighted by molar-refractivity contribution is 5.86. The number of ether oxygens (including phenoxy) is 2. The average Bonchev–Trinajstić information content (AvgIpc) is 3.29. The van der Waals surface area contributed by atoms with Crippen LogP contribution in [0.2, 0.25) is 0 Å². The van der Waals surface area contributed by atoms with Crippen LogP contribution >= 0.6 is 0 Å². The number of carbonyl (C=O) groups is 2. The minimum Gasteiger partial charge on any atom is -0.497 e. The van der Waals surface area contributed by atoms with Crippen molar-refractivity contribution in [3.8, 4) is 11.5 Å². The van der Waals surface area contributed by atoms with Gasteiger partial charge < -0.3 is 20.1 Å². The first-order chi connectivity index (χ1) is 10.1. The van der Waals surface area contributed by atoms with E-state index in [-0.39, 0.29) is 24.8 Å². The van der Waals surface area contributed by atoms with Crippen LogP contribution in [0.3, 0.4) is 0 Å². The Balaban J connectivity index is 1.87. The molecule has 1 aromatic carbocycles. The number of hydrogen-bond acceptors (Lipinski definition) is 4. The molecule has 0 aromatic heterocycles. The molecule has 1 aliphatic rings. The number of rotatable bonds is 7. The highest BCUT2D eigenvalue weighted by Crippen LogP contribution is 2.24. The lowest BCUT2D eigenvalue weighted by Crippen LogP contribution is -2.38.